The number of rotatable bonds is 2. The number of benzene rings is 1. The SMILES string of the molecule is O=S(=O)(c1ccc(Cl)cc1)N1C(O)CCC12CCCC2. The molecule has 0 radical (unpaired) electrons. The summed E-state index contributed by atoms with van der Waals surface area (Å²) in [5, 5.41) is 10.7. The molecule has 2 aliphatic rings. The van der Waals surface area contributed by atoms with Crippen LogP contribution < -0.4 is 0 Å². The summed E-state index contributed by atoms with van der Waals surface area (Å²) in [5.41, 5.74) is -0.377. The van der Waals surface area contributed by atoms with E-state index in [-0.39, 0.29) is 10.4 Å². The molecule has 2 fully saturated rings. The molecule has 6 heteroatoms. The summed E-state index contributed by atoms with van der Waals surface area (Å²) in [5.74, 6) is 0. The number of aliphatic hydroxyl groups is 1. The second kappa shape index (κ2) is 4.98. The second-order valence-corrected chi connectivity index (χ2v) is 7.96. The summed E-state index contributed by atoms with van der Waals surface area (Å²) in [6.45, 7) is 0. The van der Waals surface area contributed by atoms with E-state index in [0.29, 0.717) is 11.4 Å². The maximum absolute atomic E-state index is 12.8. The molecular weight excluding hydrogens is 298 g/mol. The zero-order valence-corrected chi connectivity index (χ0v) is 12.7. The van der Waals surface area contributed by atoms with Crippen LogP contribution in [0.3, 0.4) is 0 Å². The number of halogens is 1. The molecule has 20 heavy (non-hydrogen) atoms. The summed E-state index contributed by atoms with van der Waals surface area (Å²) < 4.78 is 27.0. The van der Waals surface area contributed by atoms with Crippen molar-refractivity contribution in [2.75, 3.05) is 0 Å². The molecule has 3 rings (SSSR count). The van der Waals surface area contributed by atoms with Crippen LogP contribution in [-0.2, 0) is 10.0 Å². The van der Waals surface area contributed by atoms with Gasteiger partial charge < -0.3 is 5.11 Å². The van der Waals surface area contributed by atoms with Crippen LogP contribution in [0.15, 0.2) is 29.2 Å². The molecule has 0 aromatic heterocycles. The van der Waals surface area contributed by atoms with Crippen molar-refractivity contribution in [2.45, 2.75) is 55.2 Å². The van der Waals surface area contributed by atoms with E-state index in [1.54, 1.807) is 12.1 Å². The fourth-order valence-corrected chi connectivity index (χ4v) is 5.62. The van der Waals surface area contributed by atoms with Gasteiger partial charge in [0.2, 0.25) is 10.0 Å². The average Bonchev–Trinajstić information content (AvgIpc) is 2.99. The van der Waals surface area contributed by atoms with Crippen LogP contribution in [0.2, 0.25) is 5.02 Å². The third-order valence-corrected chi connectivity index (χ3v) is 6.78. The molecular formula is C14H18ClNO3S. The lowest BCUT2D eigenvalue weighted by atomic mass is 9.96. The summed E-state index contributed by atoms with van der Waals surface area (Å²) in [7, 11) is -3.67. The molecule has 1 aromatic rings. The topological polar surface area (TPSA) is 57.6 Å². The monoisotopic (exact) mass is 315 g/mol. The maximum atomic E-state index is 12.8. The van der Waals surface area contributed by atoms with E-state index < -0.39 is 16.3 Å². The summed E-state index contributed by atoms with van der Waals surface area (Å²) in [4.78, 5) is 0.203. The molecule has 1 heterocycles. The van der Waals surface area contributed by atoms with E-state index in [9.17, 15) is 13.5 Å². The van der Waals surface area contributed by atoms with Crippen LogP contribution in [0.25, 0.3) is 0 Å². The lowest BCUT2D eigenvalue weighted by molar-refractivity contribution is 0.0515. The van der Waals surface area contributed by atoms with Gasteiger partial charge in [-0.1, -0.05) is 24.4 Å². The van der Waals surface area contributed by atoms with Crippen molar-refractivity contribution in [3.05, 3.63) is 29.3 Å². The van der Waals surface area contributed by atoms with Crippen molar-refractivity contribution in [2.24, 2.45) is 0 Å². The van der Waals surface area contributed by atoms with Gasteiger partial charge in [0.15, 0.2) is 0 Å². The quantitative estimate of drug-likeness (QED) is 0.913. The van der Waals surface area contributed by atoms with Crippen LogP contribution in [0.1, 0.15) is 38.5 Å². The fourth-order valence-electron chi connectivity index (χ4n) is 3.58. The summed E-state index contributed by atoms with van der Waals surface area (Å²) in [6.07, 6.45) is 4.11. The number of hydrogen-bond donors (Lipinski definition) is 1. The number of nitrogens with zero attached hydrogens (tertiary/aromatic N) is 1. The molecule has 1 atom stereocenters. The zero-order chi connectivity index (χ0) is 14.4. The first-order chi connectivity index (χ1) is 9.46. The lowest BCUT2D eigenvalue weighted by Crippen LogP contribution is -2.49. The van der Waals surface area contributed by atoms with Gasteiger partial charge in [0.1, 0.15) is 6.23 Å². The highest BCUT2D eigenvalue weighted by molar-refractivity contribution is 7.89. The van der Waals surface area contributed by atoms with Crippen LogP contribution in [-0.4, -0.2) is 29.6 Å². The Morgan fingerprint density at radius 1 is 1.15 bits per heavy atom. The molecule has 1 N–H and O–H groups in total. The Hall–Kier alpha value is -0.620. The van der Waals surface area contributed by atoms with E-state index in [1.807, 2.05) is 0 Å². The zero-order valence-electron chi connectivity index (χ0n) is 11.1. The normalized spacial score (nSPS) is 26.4. The van der Waals surface area contributed by atoms with Gasteiger partial charge >= 0.3 is 0 Å². The Labute approximate surface area is 124 Å². The first-order valence-electron chi connectivity index (χ1n) is 6.94. The van der Waals surface area contributed by atoms with E-state index in [1.165, 1.54) is 16.4 Å². The van der Waals surface area contributed by atoms with Gasteiger partial charge in [-0.3, -0.25) is 0 Å². The highest BCUT2D eigenvalue weighted by atomic mass is 35.5. The minimum Gasteiger partial charge on any atom is -0.377 e. The second-order valence-electron chi connectivity index (χ2n) is 5.71. The molecule has 1 saturated carbocycles. The Morgan fingerprint density at radius 2 is 1.75 bits per heavy atom. The molecule has 0 amide bonds. The predicted molar refractivity (Wildman–Crippen MR) is 76.9 cm³/mol. The molecule has 1 unspecified atom stereocenters. The summed E-state index contributed by atoms with van der Waals surface area (Å²) in [6, 6.07) is 6.15. The van der Waals surface area contributed by atoms with Crippen LogP contribution in [0.5, 0.6) is 0 Å². The minimum atomic E-state index is -3.67. The highest BCUT2D eigenvalue weighted by Crippen LogP contribution is 2.47. The highest BCUT2D eigenvalue weighted by Gasteiger charge is 2.53. The number of sulfonamides is 1. The molecule has 1 aliphatic carbocycles. The van der Waals surface area contributed by atoms with Gasteiger partial charge in [-0.05, 0) is 49.9 Å². The van der Waals surface area contributed by atoms with Crippen molar-refractivity contribution < 1.29 is 13.5 Å². The van der Waals surface area contributed by atoms with Gasteiger partial charge in [0.05, 0.1) is 4.90 Å². The standard InChI is InChI=1S/C14H18ClNO3S/c15-11-3-5-12(6-4-11)20(18,19)16-13(17)7-10-14(16)8-1-2-9-14/h3-6,13,17H,1-2,7-10H2. The molecule has 4 nitrogen and oxygen atoms in total. The molecule has 1 saturated heterocycles. The van der Waals surface area contributed by atoms with Crippen molar-refractivity contribution >= 4 is 21.6 Å². The first kappa shape index (κ1) is 14.3. The van der Waals surface area contributed by atoms with Crippen LogP contribution in [0.4, 0.5) is 0 Å². The van der Waals surface area contributed by atoms with Crippen molar-refractivity contribution in [3.8, 4) is 0 Å². The Bertz CT molecular complexity index is 593. The summed E-state index contributed by atoms with van der Waals surface area (Å²) >= 11 is 5.81. The van der Waals surface area contributed by atoms with Gasteiger partial charge in [0.25, 0.3) is 0 Å². The molecule has 0 bridgehead atoms. The van der Waals surface area contributed by atoms with Crippen LogP contribution >= 0.6 is 11.6 Å². The minimum absolute atomic E-state index is 0.203. The fraction of sp³-hybridized carbons (Fsp3) is 0.571. The predicted octanol–water partition coefficient (Wildman–Crippen LogP) is 2.76. The molecule has 1 aliphatic heterocycles. The Balaban J connectivity index is 2.03. The number of aliphatic hydroxyl groups excluding tert-OH is 1. The lowest BCUT2D eigenvalue weighted by Gasteiger charge is -2.35. The van der Waals surface area contributed by atoms with Crippen molar-refractivity contribution in [1.82, 2.24) is 4.31 Å². The van der Waals surface area contributed by atoms with Crippen molar-refractivity contribution in [3.63, 3.8) is 0 Å². The van der Waals surface area contributed by atoms with Crippen molar-refractivity contribution in [1.29, 1.82) is 0 Å². The van der Waals surface area contributed by atoms with E-state index >= 15 is 0 Å². The van der Waals surface area contributed by atoms with Gasteiger partial charge in [-0.2, -0.15) is 4.31 Å². The van der Waals surface area contributed by atoms with Crippen LogP contribution in [0, 0.1) is 0 Å². The van der Waals surface area contributed by atoms with E-state index in [4.69, 9.17) is 11.6 Å². The maximum Gasteiger partial charge on any atom is 0.245 e. The molecule has 1 aromatic carbocycles. The molecule has 110 valence electrons. The van der Waals surface area contributed by atoms with Gasteiger partial charge in [-0.15, -0.1) is 0 Å². The third-order valence-electron chi connectivity index (χ3n) is 4.51. The Kier molecular flexibility index (Phi) is 3.57. The average molecular weight is 316 g/mol. The third kappa shape index (κ3) is 2.17. The molecule has 1 spiro atoms. The van der Waals surface area contributed by atoms with Gasteiger partial charge in [0, 0.05) is 10.6 Å². The smallest absolute Gasteiger partial charge is 0.245 e. The largest absolute Gasteiger partial charge is 0.377 e. The first-order valence-corrected chi connectivity index (χ1v) is 8.76. The number of hydrogen-bond acceptors (Lipinski definition) is 3. The van der Waals surface area contributed by atoms with E-state index in [0.717, 1.165) is 32.1 Å². The van der Waals surface area contributed by atoms with E-state index in [2.05, 4.69) is 0 Å². The Morgan fingerprint density at radius 3 is 2.35 bits per heavy atom. The van der Waals surface area contributed by atoms with Gasteiger partial charge in [-0.25, -0.2) is 8.42 Å².